The first-order valence-electron chi connectivity index (χ1n) is 17.3. The van der Waals surface area contributed by atoms with Gasteiger partial charge in [0.1, 0.15) is 24.4 Å². The van der Waals surface area contributed by atoms with Gasteiger partial charge in [0.15, 0.2) is 6.29 Å². The molecule has 0 spiro atoms. The average Bonchev–Trinajstić information content (AvgIpc) is 2.94. The second kappa shape index (κ2) is 10.5. The minimum absolute atomic E-state index is 0.0330. The van der Waals surface area contributed by atoms with Crippen molar-refractivity contribution in [1.82, 2.24) is 0 Å². The van der Waals surface area contributed by atoms with Crippen molar-refractivity contribution in [2.75, 3.05) is 6.61 Å². The van der Waals surface area contributed by atoms with E-state index in [-0.39, 0.29) is 39.1 Å². The molecule has 5 aliphatic carbocycles. The molecular formula is C36H58O8. The molecule has 0 amide bonds. The van der Waals surface area contributed by atoms with Gasteiger partial charge in [-0.15, -0.1) is 0 Å². The summed E-state index contributed by atoms with van der Waals surface area (Å²) in [7, 11) is 0. The molecule has 1 aliphatic heterocycles. The van der Waals surface area contributed by atoms with Crippen LogP contribution in [0.25, 0.3) is 0 Å². The molecule has 1 heterocycles. The van der Waals surface area contributed by atoms with Crippen LogP contribution in [-0.2, 0) is 14.3 Å². The Morgan fingerprint density at radius 2 is 1.57 bits per heavy atom. The van der Waals surface area contributed by atoms with Gasteiger partial charge in [0.25, 0.3) is 0 Å². The molecule has 0 aromatic carbocycles. The van der Waals surface area contributed by atoms with E-state index in [0.29, 0.717) is 11.8 Å². The van der Waals surface area contributed by atoms with E-state index >= 15 is 0 Å². The largest absolute Gasteiger partial charge is 0.481 e. The second-order valence-electron chi connectivity index (χ2n) is 17.9. The number of aliphatic carboxylic acids is 1. The van der Waals surface area contributed by atoms with Gasteiger partial charge in [-0.3, -0.25) is 4.79 Å². The number of carbonyl (C=O) groups is 1. The minimum atomic E-state index is -1.45. The van der Waals surface area contributed by atoms with E-state index in [1.54, 1.807) is 0 Å². The molecule has 13 atom stereocenters. The zero-order valence-electron chi connectivity index (χ0n) is 28.0. The predicted octanol–water partition coefficient (Wildman–Crippen LogP) is 5.06. The van der Waals surface area contributed by atoms with Crippen molar-refractivity contribution in [3.05, 3.63) is 11.6 Å². The highest BCUT2D eigenvalue weighted by molar-refractivity contribution is 5.76. The lowest BCUT2D eigenvalue weighted by Gasteiger charge is -2.71. The molecular weight excluding hydrogens is 560 g/mol. The Balaban J connectivity index is 1.29. The van der Waals surface area contributed by atoms with Gasteiger partial charge < -0.3 is 35.0 Å². The lowest BCUT2D eigenvalue weighted by atomic mass is 9.33. The summed E-state index contributed by atoms with van der Waals surface area (Å²) in [5.74, 6) is 0.336. The quantitative estimate of drug-likeness (QED) is 0.218. The Morgan fingerprint density at radius 1 is 0.886 bits per heavy atom. The van der Waals surface area contributed by atoms with Crippen LogP contribution in [0.3, 0.4) is 0 Å². The molecule has 8 nitrogen and oxygen atoms in total. The van der Waals surface area contributed by atoms with Crippen molar-refractivity contribution in [2.24, 2.45) is 50.2 Å². The van der Waals surface area contributed by atoms with Crippen molar-refractivity contribution in [2.45, 2.75) is 149 Å². The van der Waals surface area contributed by atoms with Crippen LogP contribution in [0.1, 0.15) is 113 Å². The summed E-state index contributed by atoms with van der Waals surface area (Å²) < 4.78 is 12.2. The van der Waals surface area contributed by atoms with Gasteiger partial charge >= 0.3 is 5.97 Å². The molecule has 6 rings (SSSR count). The maximum Gasteiger partial charge on any atom is 0.310 e. The molecule has 0 radical (unpaired) electrons. The number of rotatable bonds is 4. The van der Waals surface area contributed by atoms with Crippen LogP contribution in [-0.4, -0.2) is 74.9 Å². The number of carboxylic acid groups (broad SMARTS) is 1. The average molecular weight is 619 g/mol. The van der Waals surface area contributed by atoms with Crippen LogP contribution in [0, 0.1) is 50.2 Å². The monoisotopic (exact) mass is 618 g/mol. The van der Waals surface area contributed by atoms with Gasteiger partial charge in [-0.2, -0.15) is 0 Å². The third-order valence-electron chi connectivity index (χ3n) is 15.1. The summed E-state index contributed by atoms with van der Waals surface area (Å²) in [6.45, 7) is 16.2. The van der Waals surface area contributed by atoms with Crippen LogP contribution in [0.2, 0.25) is 0 Å². The smallest absolute Gasteiger partial charge is 0.310 e. The van der Waals surface area contributed by atoms with E-state index in [1.165, 1.54) is 5.57 Å². The zero-order chi connectivity index (χ0) is 32.3. The van der Waals surface area contributed by atoms with Crippen molar-refractivity contribution in [1.29, 1.82) is 0 Å². The highest BCUT2D eigenvalue weighted by atomic mass is 16.7. The van der Waals surface area contributed by atoms with E-state index in [4.69, 9.17) is 9.47 Å². The first kappa shape index (κ1) is 32.9. The fraction of sp³-hybridized carbons (Fsp3) is 0.917. The van der Waals surface area contributed by atoms with E-state index in [9.17, 15) is 30.3 Å². The molecule has 8 heteroatoms. The third-order valence-corrected chi connectivity index (χ3v) is 15.1. The lowest BCUT2D eigenvalue weighted by molar-refractivity contribution is -0.330. The van der Waals surface area contributed by atoms with Crippen molar-refractivity contribution in [3.8, 4) is 0 Å². The molecule has 0 aromatic rings. The van der Waals surface area contributed by atoms with Gasteiger partial charge in [-0.05, 0) is 109 Å². The minimum Gasteiger partial charge on any atom is -0.481 e. The second-order valence-corrected chi connectivity index (χ2v) is 17.9. The van der Waals surface area contributed by atoms with Gasteiger partial charge in [0, 0.05) is 0 Å². The van der Waals surface area contributed by atoms with Crippen molar-refractivity contribution >= 4 is 5.97 Å². The number of ether oxygens (including phenoxy) is 2. The molecule has 6 aliphatic rings. The van der Waals surface area contributed by atoms with Crippen molar-refractivity contribution < 1.29 is 39.8 Å². The predicted molar refractivity (Wildman–Crippen MR) is 165 cm³/mol. The first-order valence-corrected chi connectivity index (χ1v) is 17.3. The standard InChI is InChI=1S/C36H58O8/c1-31(2)14-16-36(30(41)42)17-15-34(6)20(21(36)18-31)8-9-24-33(5)12-11-25(32(3,4)23(33)10-13-35(24,34)7)44-29-28(40)27(39)26(38)22(19-37)43-29/h8,21-29,37-40H,9-19H2,1-7H3,(H,41,42)/t21?,22-,23?,24?,25+,26-,27+,28-,29?,33+,34-,35-,36+/m1/s1. The van der Waals surface area contributed by atoms with E-state index < -0.39 is 48.7 Å². The Bertz CT molecular complexity index is 1180. The molecule has 0 bridgehead atoms. The molecule has 5 fully saturated rings. The number of aliphatic hydroxyl groups is 4. The Kier molecular flexibility index (Phi) is 7.84. The Labute approximate surface area is 263 Å². The molecule has 44 heavy (non-hydrogen) atoms. The number of hydrogen-bond acceptors (Lipinski definition) is 7. The van der Waals surface area contributed by atoms with Crippen LogP contribution < -0.4 is 0 Å². The van der Waals surface area contributed by atoms with E-state index in [0.717, 1.165) is 64.2 Å². The Morgan fingerprint density at radius 3 is 2.23 bits per heavy atom. The lowest BCUT2D eigenvalue weighted by Crippen LogP contribution is -2.66. The molecule has 4 unspecified atom stereocenters. The summed E-state index contributed by atoms with van der Waals surface area (Å²) in [4.78, 5) is 12.9. The molecule has 0 aromatic heterocycles. The first-order chi connectivity index (χ1) is 20.4. The summed E-state index contributed by atoms with van der Waals surface area (Å²) in [6, 6.07) is 0. The number of fused-ring (bicyclic) bond motifs is 7. The van der Waals surface area contributed by atoms with Crippen molar-refractivity contribution in [3.63, 3.8) is 0 Å². The van der Waals surface area contributed by atoms with Crippen LogP contribution >= 0.6 is 0 Å². The number of hydrogen-bond donors (Lipinski definition) is 5. The molecule has 5 N–H and O–H groups in total. The molecule has 250 valence electrons. The maximum atomic E-state index is 12.9. The maximum absolute atomic E-state index is 12.9. The summed E-state index contributed by atoms with van der Waals surface area (Å²) in [5, 5.41) is 51.7. The van der Waals surface area contributed by atoms with Crippen LogP contribution in [0.4, 0.5) is 0 Å². The molecule has 4 saturated carbocycles. The summed E-state index contributed by atoms with van der Waals surface area (Å²) in [5.41, 5.74) is 0.809. The highest BCUT2D eigenvalue weighted by Gasteiger charge is 2.69. The number of carboxylic acids is 1. The fourth-order valence-electron chi connectivity index (χ4n) is 12.2. The van der Waals surface area contributed by atoms with Gasteiger partial charge in [0.05, 0.1) is 18.1 Å². The van der Waals surface area contributed by atoms with Gasteiger partial charge in [-0.1, -0.05) is 60.1 Å². The fourth-order valence-corrected chi connectivity index (χ4v) is 12.2. The Hall–Kier alpha value is -1.03. The third kappa shape index (κ3) is 4.40. The highest BCUT2D eigenvalue weighted by Crippen LogP contribution is 2.76. The summed E-state index contributed by atoms with van der Waals surface area (Å²) >= 11 is 0. The van der Waals surface area contributed by atoms with Gasteiger partial charge in [0.2, 0.25) is 0 Å². The summed E-state index contributed by atoms with van der Waals surface area (Å²) in [6.07, 6.45) is 5.19. The zero-order valence-corrected chi connectivity index (χ0v) is 28.0. The van der Waals surface area contributed by atoms with Crippen LogP contribution in [0.5, 0.6) is 0 Å². The number of aliphatic hydroxyl groups excluding tert-OH is 4. The SMILES string of the molecule is CC1(C)CC[C@]2(C(=O)O)CC[C@]3(C)C(=CCC4[C@@]5(C)CC[C@H](OC6O[C@H](CO)[C@@H](O)[C@H](O)[C@H]6O)C(C)(C)C5CC[C@]43C)C2C1. The van der Waals surface area contributed by atoms with E-state index in [2.05, 4.69) is 54.5 Å². The normalized spacial score (nSPS) is 52.9. The number of allylic oxidation sites excluding steroid dienone is 2. The van der Waals surface area contributed by atoms with Gasteiger partial charge in [-0.25, -0.2) is 0 Å². The van der Waals surface area contributed by atoms with E-state index in [1.807, 2.05) is 0 Å². The topological polar surface area (TPSA) is 137 Å². The van der Waals surface area contributed by atoms with Crippen LogP contribution in [0.15, 0.2) is 11.6 Å². The molecule has 1 saturated heterocycles.